The molecule has 0 aliphatic carbocycles. The van der Waals surface area contributed by atoms with Gasteiger partial charge < -0.3 is 0 Å². The molecule has 1 N–H and O–H groups in total. The van der Waals surface area contributed by atoms with Crippen LogP contribution in [-0.4, -0.2) is 53.5 Å². The third-order valence-electron chi connectivity index (χ3n) is 6.91. The summed E-state index contributed by atoms with van der Waals surface area (Å²) < 4.78 is 3.50. The van der Waals surface area contributed by atoms with E-state index in [1.165, 1.54) is 4.43 Å². The fourth-order valence-electron chi connectivity index (χ4n) is 4.46. The van der Waals surface area contributed by atoms with Crippen LogP contribution in [0.3, 0.4) is 0 Å². The van der Waals surface area contributed by atoms with Gasteiger partial charge in [-0.15, -0.1) is 0 Å². The van der Waals surface area contributed by atoms with Crippen LogP contribution in [0.15, 0.2) is 42.5 Å². The Hall–Kier alpha value is -2.42. The third-order valence-corrected chi connectivity index (χ3v) is 9.83. The van der Waals surface area contributed by atoms with Gasteiger partial charge in [-0.1, -0.05) is 34.6 Å². The van der Waals surface area contributed by atoms with Gasteiger partial charge in [-0.3, -0.25) is 0 Å². The van der Waals surface area contributed by atoms with E-state index in [0.717, 1.165) is 72.7 Å². The Morgan fingerprint density at radius 3 is 2.13 bits per heavy atom. The molecule has 214 valence electrons. The van der Waals surface area contributed by atoms with Crippen LogP contribution in [0, 0.1) is 11.8 Å². The molecule has 2 aromatic carbocycles. The SMILES string of the molecule is CCC(=O)c1ccc(Nc2nc3ccc(C(=O)N(CCC(C)C)CCC(C)C)cc3n2CCCI(C)C)cc1. The first-order chi connectivity index (χ1) is 18.6. The summed E-state index contributed by atoms with van der Waals surface area (Å²) in [5.74, 6) is 2.12. The van der Waals surface area contributed by atoms with Crippen LogP contribution in [0.5, 0.6) is 0 Å². The fraction of sp³-hybridized carbons (Fsp3) is 0.531. The van der Waals surface area contributed by atoms with E-state index >= 15 is 0 Å². The number of nitrogens with one attached hydrogen (secondary N) is 1. The number of anilines is 2. The van der Waals surface area contributed by atoms with Crippen LogP contribution in [0.25, 0.3) is 11.0 Å². The molecule has 0 radical (unpaired) electrons. The van der Waals surface area contributed by atoms with E-state index in [1.807, 2.05) is 54.3 Å². The molecule has 1 heterocycles. The Morgan fingerprint density at radius 2 is 1.56 bits per heavy atom. The summed E-state index contributed by atoms with van der Waals surface area (Å²) in [6, 6.07) is 13.5. The van der Waals surface area contributed by atoms with Gasteiger partial charge in [0.05, 0.1) is 0 Å². The molecule has 3 aromatic rings. The molecule has 1 amide bonds. The first-order valence-corrected chi connectivity index (χ1v) is 20.1. The molecule has 3 rings (SSSR count). The molecule has 0 spiro atoms. The van der Waals surface area contributed by atoms with E-state index in [0.29, 0.717) is 18.3 Å². The number of carbonyl (C=O) groups is 2. The second-order valence-electron chi connectivity index (χ2n) is 11.4. The Labute approximate surface area is 242 Å². The molecule has 6 nitrogen and oxygen atoms in total. The van der Waals surface area contributed by atoms with Gasteiger partial charge in [0.2, 0.25) is 0 Å². The van der Waals surface area contributed by atoms with E-state index in [1.54, 1.807) is 0 Å². The number of alkyl halides is 3. The molecule has 0 fully saturated rings. The van der Waals surface area contributed by atoms with E-state index in [9.17, 15) is 9.59 Å². The second-order valence-corrected chi connectivity index (χ2v) is 17.7. The summed E-state index contributed by atoms with van der Waals surface area (Å²) in [6.45, 7) is 13.1. The van der Waals surface area contributed by atoms with Crippen LogP contribution in [0.1, 0.15) is 81.0 Å². The topological polar surface area (TPSA) is 67.2 Å². The molecule has 0 aliphatic heterocycles. The van der Waals surface area contributed by atoms with E-state index in [2.05, 4.69) is 47.4 Å². The van der Waals surface area contributed by atoms with Gasteiger partial charge in [-0.25, -0.2) is 0 Å². The van der Waals surface area contributed by atoms with E-state index in [4.69, 9.17) is 4.98 Å². The van der Waals surface area contributed by atoms with Gasteiger partial charge in [-0.2, -0.15) is 0 Å². The number of aryl methyl sites for hydroxylation is 1. The summed E-state index contributed by atoms with van der Waals surface area (Å²) in [5, 5.41) is 3.48. The van der Waals surface area contributed by atoms with E-state index < -0.39 is 19.8 Å². The van der Waals surface area contributed by atoms with Gasteiger partial charge in [0.25, 0.3) is 0 Å². The monoisotopic (exact) mass is 646 g/mol. The van der Waals surface area contributed by atoms with Gasteiger partial charge in [-0.05, 0) is 0 Å². The van der Waals surface area contributed by atoms with Crippen molar-refractivity contribution in [2.24, 2.45) is 11.8 Å². The number of amides is 1. The second kappa shape index (κ2) is 14.8. The Kier molecular flexibility index (Phi) is 11.8. The predicted molar refractivity (Wildman–Crippen MR) is 174 cm³/mol. The molecule has 1 aromatic heterocycles. The summed E-state index contributed by atoms with van der Waals surface area (Å²) >= 11 is -0.843. The molecule has 0 saturated carbocycles. The number of nitrogens with zero attached hydrogens (tertiary/aromatic N) is 3. The molecule has 39 heavy (non-hydrogen) atoms. The Balaban J connectivity index is 1.94. The number of ketones is 1. The van der Waals surface area contributed by atoms with Crippen molar-refractivity contribution >= 4 is 54.2 Å². The zero-order chi connectivity index (χ0) is 28.5. The van der Waals surface area contributed by atoms with Crippen molar-refractivity contribution in [2.45, 2.75) is 66.8 Å². The van der Waals surface area contributed by atoms with Crippen molar-refractivity contribution in [3.05, 3.63) is 53.6 Å². The minimum atomic E-state index is -0.843. The molecule has 0 saturated heterocycles. The number of benzene rings is 2. The summed E-state index contributed by atoms with van der Waals surface area (Å²) in [5.41, 5.74) is 4.21. The maximum atomic E-state index is 13.7. The van der Waals surface area contributed by atoms with Gasteiger partial charge in [0, 0.05) is 0 Å². The number of hydrogen-bond donors (Lipinski definition) is 1. The molecule has 7 heteroatoms. The molecule has 0 bridgehead atoms. The zero-order valence-corrected chi connectivity index (χ0v) is 27.0. The summed E-state index contributed by atoms with van der Waals surface area (Å²) in [4.78, 5) is 37.5. The number of hydrogen-bond acceptors (Lipinski definition) is 4. The maximum absolute atomic E-state index is 13.7. The summed E-state index contributed by atoms with van der Waals surface area (Å²) in [6.07, 6.45) is 3.59. The summed E-state index contributed by atoms with van der Waals surface area (Å²) in [7, 11) is 0. The van der Waals surface area contributed by atoms with Crippen molar-refractivity contribution in [3.63, 3.8) is 0 Å². The quantitative estimate of drug-likeness (QED) is 0.103. The molecule has 0 atom stereocenters. The number of rotatable bonds is 15. The minimum absolute atomic E-state index is 0.104. The normalized spacial score (nSPS) is 11.9. The first kappa shape index (κ1) is 31.1. The van der Waals surface area contributed by atoms with Crippen molar-refractivity contribution in [2.75, 3.05) is 32.7 Å². The average Bonchev–Trinajstić information content (AvgIpc) is 3.23. The van der Waals surface area contributed by atoms with Crippen LogP contribution in [0.4, 0.5) is 11.6 Å². The van der Waals surface area contributed by atoms with Crippen molar-refractivity contribution in [3.8, 4) is 0 Å². The molecular weight excluding hydrogens is 599 g/mol. The van der Waals surface area contributed by atoms with Gasteiger partial charge in [0.15, 0.2) is 0 Å². The van der Waals surface area contributed by atoms with Crippen LogP contribution in [0.2, 0.25) is 0 Å². The van der Waals surface area contributed by atoms with Gasteiger partial charge in [0.1, 0.15) is 0 Å². The molecule has 0 unspecified atom stereocenters. The number of fused-ring (bicyclic) bond motifs is 1. The number of carbonyl (C=O) groups excluding carboxylic acids is 2. The predicted octanol–water partition coefficient (Wildman–Crippen LogP) is 8.06. The molecular formula is C32H47IN4O2. The molecule has 0 aliphatic rings. The van der Waals surface area contributed by atoms with Crippen LogP contribution < -0.4 is 5.32 Å². The number of halogens is 1. The zero-order valence-electron chi connectivity index (χ0n) is 24.9. The Morgan fingerprint density at radius 1 is 0.949 bits per heavy atom. The van der Waals surface area contributed by atoms with Gasteiger partial charge >= 0.3 is 209 Å². The van der Waals surface area contributed by atoms with Crippen LogP contribution >= 0.6 is 19.8 Å². The first-order valence-electron chi connectivity index (χ1n) is 14.2. The standard InChI is InChI=1S/C32H47IN4O2/c1-8-30(38)25-10-13-27(14-11-25)34-32-35-28-15-12-26(22-29(28)37(32)19-9-18-33(6)7)31(39)36(20-16-23(2)3)21-17-24(4)5/h10-15,22-24H,8-9,16-21H2,1-7H3,(H,34,35). The fourth-order valence-corrected chi connectivity index (χ4v) is 6.33. The Bertz CT molecular complexity index is 1220. The van der Waals surface area contributed by atoms with Crippen molar-refractivity contribution in [1.29, 1.82) is 0 Å². The third kappa shape index (κ3) is 9.05. The average molecular weight is 647 g/mol. The van der Waals surface area contributed by atoms with Crippen molar-refractivity contribution in [1.82, 2.24) is 14.5 Å². The van der Waals surface area contributed by atoms with Crippen molar-refractivity contribution < 1.29 is 9.59 Å². The van der Waals surface area contributed by atoms with E-state index in [-0.39, 0.29) is 11.7 Å². The number of imidazole rings is 1. The number of Topliss-reactive ketones (excluding diaryl/α,β-unsaturated/α-hetero) is 1. The van der Waals surface area contributed by atoms with Crippen LogP contribution in [-0.2, 0) is 6.54 Å². The number of aromatic nitrogens is 2.